The van der Waals surface area contributed by atoms with E-state index in [1.54, 1.807) is 29.9 Å². The van der Waals surface area contributed by atoms with Crippen LogP contribution in [0.4, 0.5) is 22.7 Å². The second-order valence-corrected chi connectivity index (χ2v) is 8.54. The zero-order valence-electron chi connectivity index (χ0n) is 18.6. The van der Waals surface area contributed by atoms with Crippen LogP contribution in [0.1, 0.15) is 42.5 Å². The number of nitro groups is 1. The molecule has 9 nitrogen and oxygen atoms in total. The molecule has 1 amide bonds. The van der Waals surface area contributed by atoms with E-state index in [4.69, 9.17) is 0 Å². The Labute approximate surface area is 185 Å². The van der Waals surface area contributed by atoms with E-state index in [1.165, 1.54) is 24.4 Å². The van der Waals surface area contributed by atoms with Gasteiger partial charge in [-0.15, -0.1) is 0 Å². The fourth-order valence-electron chi connectivity index (χ4n) is 2.94. The normalized spacial score (nSPS) is 11.2. The Hall–Kier alpha value is -4.01. The van der Waals surface area contributed by atoms with Crippen LogP contribution < -0.4 is 10.6 Å². The summed E-state index contributed by atoms with van der Waals surface area (Å²) >= 11 is 0. The van der Waals surface area contributed by atoms with Crippen LogP contribution in [0, 0.1) is 22.5 Å². The summed E-state index contributed by atoms with van der Waals surface area (Å²) in [5, 5.41) is 17.6. The summed E-state index contributed by atoms with van der Waals surface area (Å²) in [6.07, 6.45) is 3.12. The predicted molar refractivity (Wildman–Crippen MR) is 122 cm³/mol. The molecule has 0 aliphatic rings. The Kier molecular flexibility index (Phi) is 6.11. The molecule has 0 saturated heterocycles. The number of hydrogen-bond donors (Lipinski definition) is 2. The number of nitrogens with one attached hydrogen (secondary N) is 2. The van der Waals surface area contributed by atoms with Crippen molar-refractivity contribution in [2.75, 3.05) is 10.6 Å². The Bertz CT molecular complexity index is 1210. The number of aromatic nitrogens is 2. The summed E-state index contributed by atoms with van der Waals surface area (Å²) in [5.41, 5.74) is 1.61. The van der Waals surface area contributed by atoms with Crippen molar-refractivity contribution < 1.29 is 14.5 Å². The number of imidazole rings is 1. The van der Waals surface area contributed by atoms with Crippen molar-refractivity contribution in [1.82, 2.24) is 9.55 Å². The van der Waals surface area contributed by atoms with Gasteiger partial charge in [0.05, 0.1) is 4.92 Å². The third-order valence-corrected chi connectivity index (χ3v) is 4.93. The summed E-state index contributed by atoms with van der Waals surface area (Å²) < 4.78 is 1.56. The van der Waals surface area contributed by atoms with Crippen LogP contribution in [0.25, 0.3) is 0 Å². The lowest BCUT2D eigenvalue weighted by Gasteiger charge is -2.19. The van der Waals surface area contributed by atoms with Gasteiger partial charge in [-0.2, -0.15) is 0 Å². The van der Waals surface area contributed by atoms with Gasteiger partial charge in [0.1, 0.15) is 5.69 Å². The maximum Gasteiger partial charge on any atom is 0.293 e. The minimum Gasteiger partial charge on any atom is -0.350 e. The van der Waals surface area contributed by atoms with Crippen molar-refractivity contribution >= 4 is 34.4 Å². The summed E-state index contributed by atoms with van der Waals surface area (Å²) in [4.78, 5) is 40.2. The highest BCUT2D eigenvalue weighted by atomic mass is 16.6. The van der Waals surface area contributed by atoms with E-state index in [9.17, 15) is 19.7 Å². The van der Waals surface area contributed by atoms with Crippen molar-refractivity contribution in [2.45, 2.75) is 27.7 Å². The number of benzene rings is 2. The molecule has 3 aromatic rings. The van der Waals surface area contributed by atoms with Crippen LogP contribution >= 0.6 is 0 Å². The number of amides is 1. The van der Waals surface area contributed by atoms with Crippen LogP contribution in [0.3, 0.4) is 0 Å². The largest absolute Gasteiger partial charge is 0.350 e. The second kappa shape index (κ2) is 8.62. The quantitative estimate of drug-likeness (QED) is 0.332. The highest BCUT2D eigenvalue weighted by molar-refractivity contribution is 6.07. The van der Waals surface area contributed by atoms with Crippen molar-refractivity contribution in [3.63, 3.8) is 0 Å². The SMILES string of the molecule is Cc1ccc(Nc2ccc(C(=O)c3nccn3C)cc2[N+](=O)[O-])cc1NC(=O)C(C)(C)C. The molecule has 0 saturated carbocycles. The van der Waals surface area contributed by atoms with Gasteiger partial charge in [0.15, 0.2) is 5.82 Å². The fraction of sp³-hybridized carbons (Fsp3) is 0.261. The molecule has 3 rings (SSSR count). The van der Waals surface area contributed by atoms with Crippen LogP contribution in [0.15, 0.2) is 48.8 Å². The maximum absolute atomic E-state index is 12.7. The van der Waals surface area contributed by atoms with Gasteiger partial charge in [-0.25, -0.2) is 4.98 Å². The third kappa shape index (κ3) is 4.83. The average molecular weight is 435 g/mol. The highest BCUT2D eigenvalue weighted by Crippen LogP contribution is 2.31. The molecule has 0 atom stereocenters. The first-order chi connectivity index (χ1) is 15.0. The molecule has 0 bridgehead atoms. The zero-order chi connectivity index (χ0) is 23.6. The molecule has 2 N–H and O–H groups in total. The van der Waals surface area contributed by atoms with Gasteiger partial charge in [-0.05, 0) is 36.8 Å². The molecule has 0 radical (unpaired) electrons. The lowest BCUT2D eigenvalue weighted by atomic mass is 9.95. The van der Waals surface area contributed by atoms with Crippen molar-refractivity contribution in [2.24, 2.45) is 12.5 Å². The number of nitrogens with zero attached hydrogens (tertiary/aromatic N) is 3. The Balaban J connectivity index is 1.91. The van der Waals surface area contributed by atoms with Gasteiger partial charge in [0.25, 0.3) is 5.69 Å². The van der Waals surface area contributed by atoms with E-state index in [0.717, 1.165) is 5.56 Å². The topological polar surface area (TPSA) is 119 Å². The van der Waals surface area contributed by atoms with Gasteiger partial charge >= 0.3 is 0 Å². The van der Waals surface area contributed by atoms with Crippen LogP contribution in [-0.4, -0.2) is 26.2 Å². The lowest BCUT2D eigenvalue weighted by molar-refractivity contribution is -0.383. The molecule has 32 heavy (non-hydrogen) atoms. The van der Waals surface area contributed by atoms with Crippen LogP contribution in [0.2, 0.25) is 0 Å². The molecule has 1 heterocycles. The number of rotatable bonds is 6. The standard InChI is InChI=1S/C23H25N5O4/c1-14-6-8-16(13-18(14)26-22(30)23(2,3)4)25-17-9-7-15(12-19(17)28(31)32)20(29)21-24-10-11-27(21)5/h6-13,25H,1-5H3,(H,26,30). The first-order valence-corrected chi connectivity index (χ1v) is 9.97. The molecule has 2 aromatic carbocycles. The van der Waals surface area contributed by atoms with E-state index in [2.05, 4.69) is 15.6 Å². The first-order valence-electron chi connectivity index (χ1n) is 9.97. The number of ketones is 1. The van der Waals surface area contributed by atoms with Gasteiger partial charge in [-0.3, -0.25) is 19.7 Å². The number of nitro benzene ring substituents is 1. The molecule has 0 aliphatic carbocycles. The Morgan fingerprint density at radius 2 is 1.81 bits per heavy atom. The van der Waals surface area contributed by atoms with E-state index in [0.29, 0.717) is 11.4 Å². The maximum atomic E-state index is 12.7. The lowest BCUT2D eigenvalue weighted by Crippen LogP contribution is -2.27. The number of hydrogen-bond acceptors (Lipinski definition) is 6. The minimum absolute atomic E-state index is 0.138. The molecule has 0 spiro atoms. The smallest absolute Gasteiger partial charge is 0.293 e. The van der Waals surface area contributed by atoms with Gasteiger partial charge in [0, 0.05) is 47.9 Å². The number of anilines is 3. The van der Waals surface area contributed by atoms with Crippen molar-refractivity contribution in [3.8, 4) is 0 Å². The number of carbonyl (C=O) groups is 2. The molecule has 0 aliphatic heterocycles. The average Bonchev–Trinajstić information content (AvgIpc) is 3.15. The van der Waals surface area contributed by atoms with E-state index >= 15 is 0 Å². The Morgan fingerprint density at radius 1 is 1.09 bits per heavy atom. The van der Waals surface area contributed by atoms with E-state index in [-0.39, 0.29) is 28.7 Å². The van der Waals surface area contributed by atoms with Gasteiger partial charge in [0.2, 0.25) is 11.7 Å². The first kappa shape index (κ1) is 22.7. The molecular weight excluding hydrogens is 410 g/mol. The van der Waals surface area contributed by atoms with Crippen molar-refractivity contribution in [3.05, 3.63) is 75.9 Å². The second-order valence-electron chi connectivity index (χ2n) is 8.54. The summed E-state index contributed by atoms with van der Waals surface area (Å²) in [7, 11) is 1.68. The third-order valence-electron chi connectivity index (χ3n) is 4.93. The van der Waals surface area contributed by atoms with Crippen molar-refractivity contribution in [1.29, 1.82) is 0 Å². The fourth-order valence-corrected chi connectivity index (χ4v) is 2.94. The summed E-state index contributed by atoms with van der Waals surface area (Å²) in [6, 6.07) is 9.53. The monoisotopic (exact) mass is 435 g/mol. The molecule has 0 fully saturated rings. The minimum atomic E-state index is -0.565. The van der Waals surface area contributed by atoms with E-state index in [1.807, 2.05) is 33.8 Å². The predicted octanol–water partition coefficient (Wildman–Crippen LogP) is 4.60. The number of aryl methyl sites for hydroxylation is 2. The molecule has 9 heteroatoms. The summed E-state index contributed by atoms with van der Waals surface area (Å²) in [5.74, 6) is -0.353. The highest BCUT2D eigenvalue weighted by Gasteiger charge is 2.23. The van der Waals surface area contributed by atoms with Gasteiger partial charge in [-0.1, -0.05) is 26.8 Å². The Morgan fingerprint density at radius 3 is 2.41 bits per heavy atom. The number of carbonyl (C=O) groups excluding carboxylic acids is 2. The van der Waals surface area contributed by atoms with E-state index < -0.39 is 16.1 Å². The van der Waals surface area contributed by atoms with Crippen LogP contribution in [0.5, 0.6) is 0 Å². The molecule has 166 valence electrons. The summed E-state index contributed by atoms with van der Waals surface area (Å²) in [6.45, 7) is 7.31. The van der Waals surface area contributed by atoms with Gasteiger partial charge < -0.3 is 15.2 Å². The molecule has 1 aromatic heterocycles. The molecule has 0 unspecified atom stereocenters. The van der Waals surface area contributed by atoms with Crippen LogP contribution in [-0.2, 0) is 11.8 Å². The zero-order valence-corrected chi connectivity index (χ0v) is 18.6. The molecular formula is C23H25N5O4.